The van der Waals surface area contributed by atoms with Gasteiger partial charge < -0.3 is 0 Å². The molecule has 0 bridgehead atoms. The summed E-state index contributed by atoms with van der Waals surface area (Å²) in [6.07, 6.45) is 0. The van der Waals surface area contributed by atoms with Crippen molar-refractivity contribution in [2.24, 2.45) is 0 Å². The zero-order valence-corrected chi connectivity index (χ0v) is 11.6. The summed E-state index contributed by atoms with van der Waals surface area (Å²) in [6.45, 7) is 2.11. The number of benzene rings is 2. The minimum absolute atomic E-state index is 0.521. The van der Waals surface area contributed by atoms with E-state index >= 15 is 0 Å². The first kappa shape index (κ1) is 13.0. The molecule has 2 aromatic rings. The van der Waals surface area contributed by atoms with Crippen LogP contribution in [0.3, 0.4) is 0 Å². The van der Waals surface area contributed by atoms with Gasteiger partial charge in [0.15, 0.2) is 0 Å². The number of hydrogen-bond donors (Lipinski definition) is 0. The van der Waals surface area contributed by atoms with E-state index in [2.05, 4.69) is 31.2 Å². The van der Waals surface area contributed by atoms with Gasteiger partial charge in [0.25, 0.3) is 0 Å². The highest BCUT2D eigenvalue weighted by atomic mass is 35.5. The smallest absolute Gasteiger partial charge is 0.101 e. The summed E-state index contributed by atoms with van der Waals surface area (Å²) < 4.78 is 0. The summed E-state index contributed by atoms with van der Waals surface area (Å²) >= 11 is 7.73. The maximum Gasteiger partial charge on any atom is 0.101 e. The van der Waals surface area contributed by atoms with Gasteiger partial charge in [-0.05, 0) is 36.2 Å². The van der Waals surface area contributed by atoms with Gasteiger partial charge in [-0.25, -0.2) is 0 Å². The average Bonchev–Trinajstić information content (AvgIpc) is 2.38. The highest BCUT2D eigenvalue weighted by molar-refractivity contribution is 7.98. The molecule has 0 saturated heterocycles. The summed E-state index contributed by atoms with van der Waals surface area (Å²) in [5.74, 6) is 0.912. The minimum atomic E-state index is 0.521. The Hall–Kier alpha value is -1.43. The van der Waals surface area contributed by atoms with Crippen LogP contribution in [0, 0.1) is 18.3 Å². The fourth-order valence-corrected chi connectivity index (χ4v) is 2.91. The summed E-state index contributed by atoms with van der Waals surface area (Å²) in [6, 6.07) is 16.0. The predicted molar refractivity (Wildman–Crippen MR) is 76.9 cm³/mol. The van der Waals surface area contributed by atoms with Crippen molar-refractivity contribution in [1.29, 1.82) is 5.26 Å². The van der Waals surface area contributed by atoms with E-state index in [1.165, 1.54) is 11.1 Å². The van der Waals surface area contributed by atoms with Gasteiger partial charge in [-0.3, -0.25) is 0 Å². The van der Waals surface area contributed by atoms with E-state index in [4.69, 9.17) is 16.9 Å². The molecule has 0 aliphatic carbocycles. The summed E-state index contributed by atoms with van der Waals surface area (Å²) in [5.41, 5.74) is 3.14. The van der Waals surface area contributed by atoms with E-state index in [1.807, 2.05) is 18.2 Å². The highest BCUT2D eigenvalue weighted by Gasteiger charge is 2.03. The first-order valence-electron chi connectivity index (χ1n) is 5.57. The molecular weight excluding hydrogens is 262 g/mol. The van der Waals surface area contributed by atoms with Gasteiger partial charge in [0, 0.05) is 10.6 Å². The fraction of sp³-hybridized carbons (Fsp3) is 0.133. The van der Waals surface area contributed by atoms with E-state index in [0.717, 1.165) is 10.6 Å². The van der Waals surface area contributed by atoms with Gasteiger partial charge >= 0.3 is 0 Å². The van der Waals surface area contributed by atoms with Gasteiger partial charge in [0.1, 0.15) is 6.07 Å². The second-order valence-electron chi connectivity index (χ2n) is 3.97. The average molecular weight is 274 g/mol. The lowest BCUT2D eigenvalue weighted by Gasteiger charge is -2.06. The topological polar surface area (TPSA) is 23.8 Å². The van der Waals surface area contributed by atoms with Crippen LogP contribution in [-0.2, 0) is 5.75 Å². The molecule has 0 saturated carbocycles. The van der Waals surface area contributed by atoms with Crippen LogP contribution in [0.1, 0.15) is 16.7 Å². The molecule has 0 atom stereocenters. The van der Waals surface area contributed by atoms with Crippen molar-refractivity contribution in [2.45, 2.75) is 17.6 Å². The largest absolute Gasteiger partial charge is 0.192 e. The molecule has 2 rings (SSSR count). The second kappa shape index (κ2) is 5.95. The van der Waals surface area contributed by atoms with Crippen LogP contribution in [0.2, 0.25) is 5.02 Å². The first-order valence-corrected chi connectivity index (χ1v) is 6.94. The van der Waals surface area contributed by atoms with Crippen molar-refractivity contribution in [3.05, 3.63) is 64.2 Å². The standard InChI is InChI=1S/C15H12ClNS/c1-11-4-2-3-5-13(11)10-18-14-7-6-12(9-17)15(16)8-14/h2-8H,10H2,1H3. The Morgan fingerprint density at radius 1 is 1.22 bits per heavy atom. The third-order valence-corrected chi connectivity index (χ3v) is 4.07. The van der Waals surface area contributed by atoms with Crippen molar-refractivity contribution >= 4 is 23.4 Å². The van der Waals surface area contributed by atoms with Gasteiger partial charge in [0.05, 0.1) is 10.6 Å². The van der Waals surface area contributed by atoms with Crippen LogP contribution in [0.15, 0.2) is 47.4 Å². The minimum Gasteiger partial charge on any atom is -0.192 e. The Balaban J connectivity index is 2.10. The molecule has 18 heavy (non-hydrogen) atoms. The molecule has 2 aromatic carbocycles. The van der Waals surface area contributed by atoms with Crippen molar-refractivity contribution in [3.8, 4) is 6.07 Å². The van der Waals surface area contributed by atoms with Crippen LogP contribution in [-0.4, -0.2) is 0 Å². The molecule has 0 fully saturated rings. The van der Waals surface area contributed by atoms with Crippen molar-refractivity contribution in [1.82, 2.24) is 0 Å². The lowest BCUT2D eigenvalue weighted by molar-refractivity contribution is 1.30. The second-order valence-corrected chi connectivity index (χ2v) is 5.42. The number of nitrogens with zero attached hydrogens (tertiary/aromatic N) is 1. The quantitative estimate of drug-likeness (QED) is 0.749. The molecule has 0 radical (unpaired) electrons. The number of thioether (sulfide) groups is 1. The van der Waals surface area contributed by atoms with E-state index in [0.29, 0.717) is 10.6 Å². The van der Waals surface area contributed by atoms with Gasteiger partial charge in [-0.1, -0.05) is 35.9 Å². The maximum absolute atomic E-state index is 8.81. The molecule has 0 heterocycles. The maximum atomic E-state index is 8.81. The van der Waals surface area contributed by atoms with Crippen LogP contribution >= 0.6 is 23.4 Å². The third kappa shape index (κ3) is 3.07. The van der Waals surface area contributed by atoms with Crippen molar-refractivity contribution in [2.75, 3.05) is 0 Å². The molecule has 0 aromatic heterocycles. The normalized spacial score (nSPS) is 10.1. The first-order chi connectivity index (χ1) is 8.70. The Bertz CT molecular complexity index is 602. The molecule has 1 nitrogen and oxygen atoms in total. The Labute approximate surface area is 116 Å². The fourth-order valence-electron chi connectivity index (χ4n) is 1.61. The Morgan fingerprint density at radius 2 is 2.00 bits per heavy atom. The van der Waals surface area contributed by atoms with Crippen molar-refractivity contribution < 1.29 is 0 Å². The molecule has 3 heteroatoms. The molecule has 0 unspecified atom stereocenters. The van der Waals surface area contributed by atoms with Crippen LogP contribution in [0.4, 0.5) is 0 Å². The molecule has 0 N–H and O–H groups in total. The third-order valence-electron chi connectivity index (χ3n) is 2.72. The van der Waals surface area contributed by atoms with Crippen molar-refractivity contribution in [3.63, 3.8) is 0 Å². The summed E-state index contributed by atoms with van der Waals surface area (Å²) in [4.78, 5) is 1.09. The van der Waals surface area contributed by atoms with Crippen LogP contribution in [0.5, 0.6) is 0 Å². The lowest BCUT2D eigenvalue weighted by Crippen LogP contribution is -1.85. The van der Waals surface area contributed by atoms with Gasteiger partial charge in [0.2, 0.25) is 0 Å². The van der Waals surface area contributed by atoms with Crippen LogP contribution in [0.25, 0.3) is 0 Å². The number of hydrogen-bond acceptors (Lipinski definition) is 2. The predicted octanol–water partition coefficient (Wildman–Crippen LogP) is 4.81. The molecule has 0 spiro atoms. The van der Waals surface area contributed by atoms with Crippen LogP contribution < -0.4 is 0 Å². The highest BCUT2D eigenvalue weighted by Crippen LogP contribution is 2.28. The van der Waals surface area contributed by atoms with E-state index in [9.17, 15) is 0 Å². The lowest BCUT2D eigenvalue weighted by atomic mass is 10.1. The summed E-state index contributed by atoms with van der Waals surface area (Å²) in [7, 11) is 0. The number of rotatable bonds is 3. The Morgan fingerprint density at radius 3 is 2.67 bits per heavy atom. The van der Waals surface area contributed by atoms with Gasteiger partial charge in [-0.2, -0.15) is 5.26 Å². The molecule has 0 aliphatic heterocycles. The summed E-state index contributed by atoms with van der Waals surface area (Å²) in [5, 5.41) is 9.33. The zero-order valence-electron chi connectivity index (χ0n) is 9.98. The van der Waals surface area contributed by atoms with E-state index < -0.39 is 0 Å². The molecular formula is C15H12ClNS. The SMILES string of the molecule is Cc1ccccc1CSc1ccc(C#N)c(Cl)c1. The monoisotopic (exact) mass is 273 g/mol. The number of halogens is 1. The van der Waals surface area contributed by atoms with E-state index in [-0.39, 0.29) is 0 Å². The van der Waals surface area contributed by atoms with E-state index in [1.54, 1.807) is 17.8 Å². The zero-order chi connectivity index (χ0) is 13.0. The van der Waals surface area contributed by atoms with Gasteiger partial charge in [-0.15, -0.1) is 11.8 Å². The number of nitriles is 1. The molecule has 0 aliphatic rings. The molecule has 90 valence electrons. The Kier molecular flexibility index (Phi) is 4.30. The number of aryl methyl sites for hydroxylation is 1. The molecule has 0 amide bonds.